The van der Waals surface area contributed by atoms with Crippen LogP contribution in [0.5, 0.6) is 0 Å². The largest absolute Gasteiger partial charge is 0.465 e. The van der Waals surface area contributed by atoms with Gasteiger partial charge in [0, 0.05) is 5.69 Å². The molecule has 0 spiro atoms. The molecule has 1 saturated heterocycles. The Hall–Kier alpha value is -4.02. The molecule has 1 N–H and O–H groups in total. The van der Waals surface area contributed by atoms with Crippen LogP contribution in [0.3, 0.4) is 0 Å². The third-order valence-corrected chi connectivity index (χ3v) is 5.31. The van der Waals surface area contributed by atoms with Crippen LogP contribution < -0.4 is 5.32 Å². The maximum atomic E-state index is 12.4. The molecule has 1 heterocycles. The van der Waals surface area contributed by atoms with Crippen LogP contribution in [0.15, 0.2) is 30.4 Å². The topological polar surface area (TPSA) is 145 Å². The van der Waals surface area contributed by atoms with Crippen LogP contribution in [0, 0.1) is 11.8 Å². The van der Waals surface area contributed by atoms with Crippen molar-refractivity contribution in [2.24, 2.45) is 11.8 Å². The van der Waals surface area contributed by atoms with Crippen molar-refractivity contribution < 1.29 is 43.0 Å². The molecule has 174 valence electrons. The Morgan fingerprint density at radius 3 is 1.91 bits per heavy atom. The fourth-order valence-corrected chi connectivity index (χ4v) is 3.71. The van der Waals surface area contributed by atoms with Crippen LogP contribution in [0.25, 0.3) is 0 Å². The van der Waals surface area contributed by atoms with Crippen molar-refractivity contribution >= 4 is 41.3 Å². The number of carbonyl (C=O) groups is 6. The number of methoxy groups -OCH3 is 2. The van der Waals surface area contributed by atoms with Crippen LogP contribution >= 0.6 is 0 Å². The molecule has 2 atom stereocenters. The van der Waals surface area contributed by atoms with Gasteiger partial charge in [-0.25, -0.2) is 9.59 Å². The number of anilines is 1. The van der Waals surface area contributed by atoms with Crippen molar-refractivity contribution in [2.45, 2.75) is 12.8 Å². The van der Waals surface area contributed by atoms with Gasteiger partial charge in [-0.15, -0.1) is 0 Å². The van der Waals surface area contributed by atoms with Gasteiger partial charge < -0.3 is 19.5 Å². The number of hydrogen-bond donors (Lipinski definition) is 1. The minimum atomic E-state index is -0.919. The first-order chi connectivity index (χ1) is 15.7. The van der Waals surface area contributed by atoms with E-state index < -0.39 is 60.6 Å². The lowest BCUT2D eigenvalue weighted by molar-refractivity contribution is -0.154. The van der Waals surface area contributed by atoms with E-state index in [1.807, 2.05) is 12.2 Å². The minimum Gasteiger partial charge on any atom is -0.465 e. The van der Waals surface area contributed by atoms with E-state index in [1.165, 1.54) is 18.2 Å². The number of allylic oxidation sites excluding steroid dienone is 2. The molecule has 2 aliphatic rings. The standard InChI is InChI=1S/C22H22N2O9/c1-31-21(29)12-7-13(22(30)32-2)9-14(8-12)23-17(25)11-33-18(26)10-24-19(27)15-5-3-4-6-16(15)20(24)28/h3-4,7-9,15-16H,5-6,10-11H2,1-2H3,(H,23,25)/t15-,16+. The lowest BCUT2D eigenvalue weighted by Gasteiger charge is -2.14. The number of rotatable bonds is 7. The second-order valence-electron chi connectivity index (χ2n) is 7.41. The lowest BCUT2D eigenvalue weighted by atomic mass is 9.85. The van der Waals surface area contributed by atoms with Gasteiger partial charge in [0.05, 0.1) is 37.2 Å². The first kappa shape index (κ1) is 23.6. The molecule has 1 aliphatic carbocycles. The maximum absolute atomic E-state index is 12.4. The smallest absolute Gasteiger partial charge is 0.337 e. The van der Waals surface area contributed by atoms with E-state index >= 15 is 0 Å². The lowest BCUT2D eigenvalue weighted by Crippen LogP contribution is -2.37. The summed E-state index contributed by atoms with van der Waals surface area (Å²) in [6.45, 7) is -1.29. The molecular weight excluding hydrogens is 436 g/mol. The molecule has 0 radical (unpaired) electrons. The van der Waals surface area contributed by atoms with Gasteiger partial charge >= 0.3 is 17.9 Å². The van der Waals surface area contributed by atoms with Gasteiger partial charge in [-0.1, -0.05) is 12.2 Å². The Bertz CT molecular complexity index is 986. The summed E-state index contributed by atoms with van der Waals surface area (Å²) in [4.78, 5) is 73.6. The summed E-state index contributed by atoms with van der Waals surface area (Å²) in [5.41, 5.74) is 0.0604. The number of nitrogens with one attached hydrogen (secondary N) is 1. The third kappa shape index (κ3) is 5.25. The van der Waals surface area contributed by atoms with Crippen molar-refractivity contribution in [1.29, 1.82) is 0 Å². The van der Waals surface area contributed by atoms with Crippen molar-refractivity contribution in [1.82, 2.24) is 4.90 Å². The summed E-state index contributed by atoms with van der Waals surface area (Å²) >= 11 is 0. The summed E-state index contributed by atoms with van der Waals surface area (Å²) in [5.74, 6) is -4.95. The fraction of sp³-hybridized carbons (Fsp3) is 0.364. The molecule has 0 saturated carbocycles. The highest BCUT2D eigenvalue weighted by atomic mass is 16.5. The Labute approximate surface area is 188 Å². The van der Waals surface area contributed by atoms with Gasteiger partial charge in [-0.05, 0) is 31.0 Å². The maximum Gasteiger partial charge on any atom is 0.337 e. The summed E-state index contributed by atoms with van der Waals surface area (Å²) in [6, 6.07) is 3.79. The number of fused-ring (bicyclic) bond motifs is 1. The molecule has 11 heteroatoms. The van der Waals surface area contributed by atoms with Crippen molar-refractivity contribution in [2.75, 3.05) is 32.7 Å². The van der Waals surface area contributed by atoms with Crippen LogP contribution in [0.2, 0.25) is 0 Å². The monoisotopic (exact) mass is 458 g/mol. The second-order valence-corrected chi connectivity index (χ2v) is 7.41. The number of hydrogen-bond acceptors (Lipinski definition) is 9. The first-order valence-electron chi connectivity index (χ1n) is 10.0. The van der Waals surface area contributed by atoms with E-state index in [0.717, 1.165) is 19.1 Å². The van der Waals surface area contributed by atoms with E-state index in [9.17, 15) is 28.8 Å². The summed E-state index contributed by atoms with van der Waals surface area (Å²) < 4.78 is 14.1. The molecule has 33 heavy (non-hydrogen) atoms. The Kier molecular flexibility index (Phi) is 7.21. The zero-order valence-electron chi connectivity index (χ0n) is 18.0. The average molecular weight is 458 g/mol. The van der Waals surface area contributed by atoms with E-state index in [2.05, 4.69) is 14.8 Å². The summed E-state index contributed by atoms with van der Waals surface area (Å²) in [7, 11) is 2.32. The molecule has 3 rings (SSSR count). The molecule has 3 amide bonds. The van der Waals surface area contributed by atoms with E-state index in [4.69, 9.17) is 4.74 Å². The normalized spacial score (nSPS) is 19.0. The number of amides is 3. The van der Waals surface area contributed by atoms with Gasteiger partial charge in [0.15, 0.2) is 6.61 Å². The molecule has 11 nitrogen and oxygen atoms in total. The van der Waals surface area contributed by atoms with Gasteiger partial charge in [0.2, 0.25) is 11.8 Å². The molecule has 0 bridgehead atoms. The van der Waals surface area contributed by atoms with Crippen LogP contribution in [0.4, 0.5) is 5.69 Å². The zero-order chi connectivity index (χ0) is 24.1. The van der Waals surface area contributed by atoms with Crippen LogP contribution in [-0.4, -0.2) is 67.9 Å². The van der Waals surface area contributed by atoms with Gasteiger partial charge in [-0.2, -0.15) is 0 Å². The Morgan fingerprint density at radius 1 is 0.909 bits per heavy atom. The molecule has 0 aromatic heterocycles. The number of likely N-dealkylation sites (tertiary alicyclic amines) is 1. The van der Waals surface area contributed by atoms with E-state index in [0.29, 0.717) is 12.8 Å². The fourth-order valence-electron chi connectivity index (χ4n) is 3.71. The molecule has 0 unspecified atom stereocenters. The van der Waals surface area contributed by atoms with Gasteiger partial charge in [0.1, 0.15) is 6.54 Å². The molecule has 1 aromatic carbocycles. The number of imide groups is 1. The van der Waals surface area contributed by atoms with Crippen LogP contribution in [0.1, 0.15) is 33.6 Å². The Balaban J connectivity index is 1.58. The minimum absolute atomic E-state index is 0.00490. The number of carbonyl (C=O) groups excluding carboxylic acids is 6. The number of ether oxygens (including phenoxy) is 3. The molecule has 1 aromatic rings. The summed E-state index contributed by atoms with van der Waals surface area (Å²) in [6.07, 6.45) is 4.56. The van der Waals surface area contributed by atoms with Crippen molar-refractivity contribution in [3.63, 3.8) is 0 Å². The predicted octanol–water partition coefficient (Wildman–Crippen LogP) is 0.693. The first-order valence-corrected chi connectivity index (χ1v) is 10.0. The second kappa shape index (κ2) is 10.1. The highest BCUT2D eigenvalue weighted by Gasteiger charge is 2.47. The quantitative estimate of drug-likeness (QED) is 0.270. The molecule has 1 fully saturated rings. The average Bonchev–Trinajstić information content (AvgIpc) is 3.06. The number of benzene rings is 1. The number of nitrogens with zero attached hydrogens (tertiary/aromatic N) is 1. The third-order valence-electron chi connectivity index (χ3n) is 5.31. The van der Waals surface area contributed by atoms with Crippen molar-refractivity contribution in [3.8, 4) is 0 Å². The molecular formula is C22H22N2O9. The van der Waals surface area contributed by atoms with Crippen molar-refractivity contribution in [3.05, 3.63) is 41.5 Å². The van der Waals surface area contributed by atoms with E-state index in [-0.39, 0.29) is 16.8 Å². The summed E-state index contributed by atoms with van der Waals surface area (Å²) in [5, 5.41) is 2.40. The zero-order valence-corrected chi connectivity index (χ0v) is 18.0. The predicted molar refractivity (Wildman–Crippen MR) is 111 cm³/mol. The van der Waals surface area contributed by atoms with E-state index in [1.54, 1.807) is 0 Å². The molecule has 1 aliphatic heterocycles. The van der Waals surface area contributed by atoms with Gasteiger partial charge in [-0.3, -0.25) is 24.1 Å². The van der Waals surface area contributed by atoms with Crippen LogP contribution in [-0.2, 0) is 33.4 Å². The number of esters is 3. The van der Waals surface area contributed by atoms with Gasteiger partial charge in [0.25, 0.3) is 5.91 Å². The Morgan fingerprint density at radius 2 is 1.42 bits per heavy atom. The highest BCUT2D eigenvalue weighted by Crippen LogP contribution is 2.34. The SMILES string of the molecule is COC(=O)c1cc(NC(=O)COC(=O)CN2C(=O)[C@H]3CC=CC[C@H]3C2=O)cc(C(=O)OC)c1. The highest BCUT2D eigenvalue weighted by molar-refractivity contribution is 6.07.